The minimum atomic E-state index is -0.266. The summed E-state index contributed by atoms with van der Waals surface area (Å²) in [6, 6.07) is 4.86. The number of nitrogens with zero attached hydrogens (tertiary/aromatic N) is 2. The van der Waals surface area contributed by atoms with Crippen molar-refractivity contribution in [3.63, 3.8) is 0 Å². The van der Waals surface area contributed by atoms with Crippen LogP contribution in [0.25, 0.3) is 0 Å². The van der Waals surface area contributed by atoms with E-state index >= 15 is 0 Å². The minimum absolute atomic E-state index is 0.219. The summed E-state index contributed by atoms with van der Waals surface area (Å²) >= 11 is 0. The van der Waals surface area contributed by atoms with Crippen LogP contribution in [0, 0.1) is 0 Å². The van der Waals surface area contributed by atoms with E-state index in [4.69, 9.17) is 4.74 Å². The summed E-state index contributed by atoms with van der Waals surface area (Å²) in [5.74, 6) is 0.604. The van der Waals surface area contributed by atoms with Crippen LogP contribution >= 0.6 is 0 Å². The van der Waals surface area contributed by atoms with E-state index in [1.807, 2.05) is 0 Å². The Kier molecular flexibility index (Phi) is 3.62. The second-order valence-electron chi connectivity index (χ2n) is 4.75. The third-order valence-electron chi connectivity index (χ3n) is 3.27. The SMILES string of the molecule is O=C(Nc1ccon1)c1ccnc(OC2CCCC2)c1. The molecule has 1 N–H and O–H groups in total. The van der Waals surface area contributed by atoms with Gasteiger partial charge >= 0.3 is 0 Å². The van der Waals surface area contributed by atoms with Gasteiger partial charge in [0.1, 0.15) is 12.4 Å². The number of rotatable bonds is 4. The van der Waals surface area contributed by atoms with Crippen molar-refractivity contribution in [2.75, 3.05) is 5.32 Å². The Hall–Kier alpha value is -2.37. The molecule has 1 aliphatic carbocycles. The first-order valence-corrected chi connectivity index (χ1v) is 6.66. The molecule has 1 fully saturated rings. The maximum Gasteiger partial charge on any atom is 0.257 e. The van der Waals surface area contributed by atoms with Crippen molar-refractivity contribution in [3.05, 3.63) is 36.2 Å². The van der Waals surface area contributed by atoms with E-state index in [0.717, 1.165) is 12.8 Å². The summed E-state index contributed by atoms with van der Waals surface area (Å²) in [6.07, 6.45) is 7.68. The molecule has 2 aromatic rings. The van der Waals surface area contributed by atoms with Crippen LogP contribution in [0.2, 0.25) is 0 Å². The van der Waals surface area contributed by atoms with Gasteiger partial charge in [-0.05, 0) is 31.7 Å². The van der Waals surface area contributed by atoms with Crippen molar-refractivity contribution >= 4 is 11.7 Å². The average Bonchev–Trinajstić information content (AvgIpc) is 3.12. The fraction of sp³-hybridized carbons (Fsp3) is 0.357. The fourth-order valence-electron chi connectivity index (χ4n) is 2.26. The topological polar surface area (TPSA) is 77.3 Å². The summed E-state index contributed by atoms with van der Waals surface area (Å²) in [7, 11) is 0. The van der Waals surface area contributed by atoms with E-state index in [-0.39, 0.29) is 12.0 Å². The molecule has 0 saturated heterocycles. The van der Waals surface area contributed by atoms with Gasteiger partial charge in [0.25, 0.3) is 5.91 Å². The molecule has 0 atom stereocenters. The van der Waals surface area contributed by atoms with Gasteiger partial charge in [-0.3, -0.25) is 4.79 Å². The number of hydrogen-bond donors (Lipinski definition) is 1. The van der Waals surface area contributed by atoms with Gasteiger partial charge in [-0.25, -0.2) is 4.98 Å². The lowest BCUT2D eigenvalue weighted by Gasteiger charge is -2.12. The predicted molar refractivity (Wildman–Crippen MR) is 71.6 cm³/mol. The zero-order valence-electron chi connectivity index (χ0n) is 10.9. The Bertz CT molecular complexity index is 577. The molecule has 0 bridgehead atoms. The molecular weight excluding hydrogens is 258 g/mol. The standard InChI is InChI=1S/C14H15N3O3/c18-14(16-12-6-8-19-17-12)10-5-7-15-13(9-10)20-11-3-1-2-4-11/h5-9,11H,1-4H2,(H,16,17,18). The van der Waals surface area contributed by atoms with Gasteiger partial charge in [-0.2, -0.15) is 0 Å². The van der Waals surface area contributed by atoms with Crippen molar-refractivity contribution in [1.29, 1.82) is 0 Å². The Labute approximate surface area is 116 Å². The lowest BCUT2D eigenvalue weighted by molar-refractivity contribution is 0.102. The van der Waals surface area contributed by atoms with E-state index in [0.29, 0.717) is 17.3 Å². The lowest BCUT2D eigenvalue weighted by Crippen LogP contribution is -2.15. The fourth-order valence-corrected chi connectivity index (χ4v) is 2.26. The molecule has 1 saturated carbocycles. The van der Waals surface area contributed by atoms with Crippen LogP contribution in [0.4, 0.5) is 5.82 Å². The Balaban J connectivity index is 1.68. The molecule has 104 valence electrons. The number of amides is 1. The number of ether oxygens (including phenoxy) is 1. The Morgan fingerprint density at radius 3 is 2.95 bits per heavy atom. The summed E-state index contributed by atoms with van der Waals surface area (Å²) < 4.78 is 10.4. The molecule has 0 aliphatic heterocycles. The smallest absolute Gasteiger partial charge is 0.257 e. The van der Waals surface area contributed by atoms with Crippen LogP contribution in [0.1, 0.15) is 36.0 Å². The second-order valence-corrected chi connectivity index (χ2v) is 4.75. The molecule has 2 aromatic heterocycles. The molecule has 3 rings (SSSR count). The molecule has 0 spiro atoms. The number of pyridine rings is 1. The zero-order chi connectivity index (χ0) is 13.8. The van der Waals surface area contributed by atoms with Gasteiger partial charge < -0.3 is 14.6 Å². The van der Waals surface area contributed by atoms with Crippen LogP contribution in [-0.4, -0.2) is 22.2 Å². The summed E-state index contributed by atoms with van der Waals surface area (Å²) in [5.41, 5.74) is 0.482. The first kappa shape index (κ1) is 12.7. The monoisotopic (exact) mass is 273 g/mol. The van der Waals surface area contributed by atoms with Gasteiger partial charge in [0.2, 0.25) is 5.88 Å². The van der Waals surface area contributed by atoms with Crippen molar-refractivity contribution in [2.45, 2.75) is 31.8 Å². The van der Waals surface area contributed by atoms with Crippen molar-refractivity contribution < 1.29 is 14.1 Å². The zero-order valence-corrected chi connectivity index (χ0v) is 10.9. The molecule has 0 radical (unpaired) electrons. The van der Waals surface area contributed by atoms with Crippen LogP contribution < -0.4 is 10.1 Å². The van der Waals surface area contributed by atoms with Crippen molar-refractivity contribution in [2.24, 2.45) is 0 Å². The van der Waals surface area contributed by atoms with Crippen molar-refractivity contribution in [1.82, 2.24) is 10.1 Å². The maximum absolute atomic E-state index is 12.0. The van der Waals surface area contributed by atoms with E-state index in [9.17, 15) is 4.79 Å². The third kappa shape index (κ3) is 2.96. The highest BCUT2D eigenvalue weighted by atomic mass is 16.5. The van der Waals surface area contributed by atoms with E-state index in [2.05, 4.69) is 20.0 Å². The van der Waals surface area contributed by atoms with Crippen LogP contribution in [-0.2, 0) is 0 Å². The van der Waals surface area contributed by atoms with Gasteiger partial charge in [0.05, 0.1) is 0 Å². The highest BCUT2D eigenvalue weighted by Crippen LogP contribution is 2.23. The summed E-state index contributed by atoms with van der Waals surface area (Å²) in [6.45, 7) is 0. The number of hydrogen-bond acceptors (Lipinski definition) is 5. The Morgan fingerprint density at radius 2 is 2.20 bits per heavy atom. The molecule has 1 amide bonds. The molecular formula is C14H15N3O3. The maximum atomic E-state index is 12.0. The Morgan fingerprint density at radius 1 is 1.35 bits per heavy atom. The minimum Gasteiger partial charge on any atom is -0.474 e. The average molecular weight is 273 g/mol. The highest BCUT2D eigenvalue weighted by molar-refractivity contribution is 6.03. The summed E-state index contributed by atoms with van der Waals surface area (Å²) in [5, 5.41) is 6.27. The van der Waals surface area contributed by atoms with Crippen molar-refractivity contribution in [3.8, 4) is 5.88 Å². The van der Waals surface area contributed by atoms with Gasteiger partial charge in [0.15, 0.2) is 5.82 Å². The molecule has 0 aromatic carbocycles. The number of carbonyl (C=O) groups is 1. The normalized spacial score (nSPS) is 15.2. The molecule has 1 aliphatic rings. The first-order valence-electron chi connectivity index (χ1n) is 6.66. The number of carbonyl (C=O) groups excluding carboxylic acids is 1. The van der Waals surface area contributed by atoms with E-state index in [1.54, 1.807) is 24.4 Å². The first-order chi connectivity index (χ1) is 9.81. The third-order valence-corrected chi connectivity index (χ3v) is 3.27. The van der Waals surface area contributed by atoms with Crippen LogP contribution in [0.3, 0.4) is 0 Å². The van der Waals surface area contributed by atoms with Gasteiger partial charge in [-0.15, -0.1) is 0 Å². The molecule has 20 heavy (non-hydrogen) atoms. The predicted octanol–water partition coefficient (Wildman–Crippen LogP) is 2.64. The molecule has 6 heteroatoms. The largest absolute Gasteiger partial charge is 0.474 e. The van der Waals surface area contributed by atoms with E-state index in [1.165, 1.54) is 19.1 Å². The van der Waals surface area contributed by atoms with E-state index < -0.39 is 0 Å². The highest BCUT2D eigenvalue weighted by Gasteiger charge is 2.17. The molecule has 2 heterocycles. The quantitative estimate of drug-likeness (QED) is 0.926. The van der Waals surface area contributed by atoms with Crippen LogP contribution in [0.15, 0.2) is 35.2 Å². The van der Waals surface area contributed by atoms with Gasteiger partial charge in [0, 0.05) is 23.9 Å². The summed E-state index contributed by atoms with van der Waals surface area (Å²) in [4.78, 5) is 16.2. The molecule has 6 nitrogen and oxygen atoms in total. The lowest BCUT2D eigenvalue weighted by atomic mass is 10.2. The number of aromatic nitrogens is 2. The van der Waals surface area contributed by atoms with Crippen LogP contribution in [0.5, 0.6) is 5.88 Å². The molecule has 0 unspecified atom stereocenters. The second kappa shape index (κ2) is 5.73. The van der Waals surface area contributed by atoms with Gasteiger partial charge in [-0.1, -0.05) is 5.16 Å². The number of nitrogens with one attached hydrogen (secondary N) is 1. The number of anilines is 1.